The van der Waals surface area contributed by atoms with Gasteiger partial charge in [0.2, 0.25) is 11.8 Å². The Bertz CT molecular complexity index is 206. The summed E-state index contributed by atoms with van der Waals surface area (Å²) >= 11 is 0. The number of carbonyl (C=O) groups excluding carboxylic acids is 2. The van der Waals surface area contributed by atoms with Gasteiger partial charge in [-0.1, -0.05) is 26.5 Å². The Kier molecular flexibility index (Phi) is 21.1. The molecule has 15 heavy (non-hydrogen) atoms. The fourth-order valence-corrected chi connectivity index (χ4v) is 0.461. The predicted octanol–water partition coefficient (Wildman–Crippen LogP) is 0.366. The first kappa shape index (κ1) is 19.9. The Morgan fingerprint density at radius 1 is 1.33 bits per heavy atom. The summed E-state index contributed by atoms with van der Waals surface area (Å²) in [5, 5.41) is 2.68. The van der Waals surface area contributed by atoms with E-state index in [4.69, 9.17) is 0 Å². The summed E-state index contributed by atoms with van der Waals surface area (Å²) in [6.07, 6.45) is 4.49. The van der Waals surface area contributed by atoms with Crippen LogP contribution in [0.2, 0.25) is 0 Å². The van der Waals surface area contributed by atoms with Crippen molar-refractivity contribution in [2.75, 3.05) is 6.54 Å². The van der Waals surface area contributed by atoms with Crippen LogP contribution >= 0.6 is 0 Å². The summed E-state index contributed by atoms with van der Waals surface area (Å²) in [4.78, 5) is 19.9. The molecule has 0 aliphatic rings. The van der Waals surface area contributed by atoms with Gasteiger partial charge in [0.25, 0.3) is 0 Å². The molecule has 0 aliphatic heterocycles. The zero-order valence-corrected chi connectivity index (χ0v) is 11.6. The molecule has 0 aromatic rings. The Labute approximate surface area is 113 Å². The standard InChI is InChI=1S/C7H13NO.C3H5NO.Na/c1-3-5-6-8-7(9)4-2;1-2-3(4)5;/h4H,2-3,5-6H2,1H3,(H,8,9);2H,1H2,(H2,4,5);. The van der Waals surface area contributed by atoms with Crippen LogP contribution in [-0.4, -0.2) is 47.9 Å². The fraction of sp³-hybridized carbons (Fsp3) is 0.400. The van der Waals surface area contributed by atoms with Gasteiger partial charge < -0.3 is 11.1 Å². The summed E-state index contributed by atoms with van der Waals surface area (Å²) in [6, 6.07) is 0. The summed E-state index contributed by atoms with van der Waals surface area (Å²) in [5.74, 6) is -0.562. The van der Waals surface area contributed by atoms with Crippen molar-refractivity contribution in [1.29, 1.82) is 0 Å². The summed E-state index contributed by atoms with van der Waals surface area (Å²) in [5.41, 5.74) is 4.53. The molecule has 81 valence electrons. The van der Waals surface area contributed by atoms with Gasteiger partial charge in [0.1, 0.15) is 0 Å². The maximum atomic E-state index is 10.5. The Morgan fingerprint density at radius 3 is 2.07 bits per heavy atom. The molecule has 4 nitrogen and oxygen atoms in total. The average Bonchev–Trinajstić information content (AvgIpc) is 2.19. The molecule has 0 aromatic carbocycles. The van der Waals surface area contributed by atoms with E-state index < -0.39 is 5.91 Å². The van der Waals surface area contributed by atoms with Gasteiger partial charge in [0, 0.05) is 36.1 Å². The van der Waals surface area contributed by atoms with E-state index in [1.165, 1.54) is 6.08 Å². The van der Waals surface area contributed by atoms with Crippen molar-refractivity contribution in [3.63, 3.8) is 0 Å². The monoisotopic (exact) mass is 221 g/mol. The minimum absolute atomic E-state index is 0. The second-order valence-corrected chi connectivity index (χ2v) is 2.46. The van der Waals surface area contributed by atoms with Crippen molar-refractivity contribution >= 4 is 41.4 Å². The van der Waals surface area contributed by atoms with E-state index in [9.17, 15) is 9.59 Å². The second kappa shape index (κ2) is 15.9. The third kappa shape index (κ3) is 24.7. The van der Waals surface area contributed by atoms with Crippen LogP contribution < -0.4 is 11.1 Å². The molecule has 0 bridgehead atoms. The molecule has 5 heteroatoms. The van der Waals surface area contributed by atoms with Crippen LogP contribution in [0.15, 0.2) is 25.3 Å². The van der Waals surface area contributed by atoms with E-state index in [1.807, 2.05) is 0 Å². The Morgan fingerprint density at radius 2 is 1.80 bits per heavy atom. The summed E-state index contributed by atoms with van der Waals surface area (Å²) in [6.45, 7) is 9.26. The zero-order chi connectivity index (χ0) is 11.4. The maximum absolute atomic E-state index is 10.5. The molecule has 0 saturated heterocycles. The van der Waals surface area contributed by atoms with Gasteiger partial charge in [-0.15, -0.1) is 0 Å². The molecule has 1 radical (unpaired) electrons. The SMILES string of the molecule is C=CC(=O)NCCCC.C=CC(N)=O.[Na]. The molecule has 0 unspecified atom stereocenters. The van der Waals surface area contributed by atoms with Crippen LogP contribution in [0.4, 0.5) is 0 Å². The smallest absolute Gasteiger partial charge is 0.243 e. The normalized spacial score (nSPS) is 7.27. The van der Waals surface area contributed by atoms with Gasteiger partial charge in [0.05, 0.1) is 0 Å². The van der Waals surface area contributed by atoms with Crippen LogP contribution in [0.25, 0.3) is 0 Å². The van der Waals surface area contributed by atoms with Gasteiger partial charge in [-0.25, -0.2) is 0 Å². The number of rotatable bonds is 5. The van der Waals surface area contributed by atoms with E-state index in [2.05, 4.69) is 31.1 Å². The molecule has 3 N–H and O–H groups in total. The fourth-order valence-electron chi connectivity index (χ4n) is 0.461. The van der Waals surface area contributed by atoms with E-state index in [0.717, 1.165) is 25.5 Å². The molecule has 0 aromatic heterocycles. The van der Waals surface area contributed by atoms with Crippen LogP contribution in [0.5, 0.6) is 0 Å². The van der Waals surface area contributed by atoms with Gasteiger partial charge >= 0.3 is 0 Å². The van der Waals surface area contributed by atoms with E-state index >= 15 is 0 Å². The van der Waals surface area contributed by atoms with E-state index in [1.54, 1.807) is 0 Å². The molecule has 0 saturated carbocycles. The molecule has 0 heterocycles. The second-order valence-electron chi connectivity index (χ2n) is 2.46. The van der Waals surface area contributed by atoms with Gasteiger partial charge in [0.15, 0.2) is 0 Å². The topological polar surface area (TPSA) is 72.2 Å². The number of unbranched alkanes of at least 4 members (excludes halogenated alkanes) is 1. The number of hydrogen-bond acceptors (Lipinski definition) is 2. The van der Waals surface area contributed by atoms with E-state index in [-0.39, 0.29) is 35.5 Å². The number of nitrogens with two attached hydrogens (primary N) is 1. The minimum Gasteiger partial charge on any atom is -0.366 e. The van der Waals surface area contributed by atoms with Crippen LogP contribution in [0, 0.1) is 0 Å². The molecule has 0 rings (SSSR count). The average molecular weight is 221 g/mol. The first-order chi connectivity index (χ1) is 6.58. The van der Waals surface area contributed by atoms with Crippen LogP contribution in [0.1, 0.15) is 19.8 Å². The van der Waals surface area contributed by atoms with Crippen molar-refractivity contribution in [1.82, 2.24) is 5.32 Å². The van der Waals surface area contributed by atoms with E-state index in [0.29, 0.717) is 0 Å². The van der Waals surface area contributed by atoms with Crippen LogP contribution in [-0.2, 0) is 9.59 Å². The van der Waals surface area contributed by atoms with Crippen molar-refractivity contribution in [2.24, 2.45) is 5.73 Å². The zero-order valence-electron chi connectivity index (χ0n) is 9.58. The van der Waals surface area contributed by atoms with Crippen molar-refractivity contribution < 1.29 is 9.59 Å². The first-order valence-corrected chi connectivity index (χ1v) is 4.40. The quantitative estimate of drug-likeness (QED) is 0.400. The number of carbonyl (C=O) groups is 2. The number of hydrogen-bond donors (Lipinski definition) is 2. The Hall–Kier alpha value is -0.580. The molecule has 0 spiro atoms. The molecule has 0 atom stereocenters. The molecular weight excluding hydrogens is 203 g/mol. The molecule has 0 aliphatic carbocycles. The Balaban J connectivity index is -0.000000208. The maximum Gasteiger partial charge on any atom is 0.243 e. The number of nitrogens with one attached hydrogen (secondary N) is 1. The van der Waals surface area contributed by atoms with Crippen molar-refractivity contribution in [3.8, 4) is 0 Å². The van der Waals surface area contributed by atoms with Gasteiger partial charge in [-0.2, -0.15) is 0 Å². The number of amides is 2. The predicted molar refractivity (Wildman–Crippen MR) is 63.3 cm³/mol. The molecular formula is C10H18N2NaO2. The summed E-state index contributed by atoms with van der Waals surface area (Å²) < 4.78 is 0. The summed E-state index contributed by atoms with van der Waals surface area (Å²) in [7, 11) is 0. The number of primary amides is 1. The van der Waals surface area contributed by atoms with Gasteiger partial charge in [-0.05, 0) is 18.6 Å². The van der Waals surface area contributed by atoms with Crippen molar-refractivity contribution in [3.05, 3.63) is 25.3 Å². The molecule has 0 fully saturated rings. The van der Waals surface area contributed by atoms with Crippen LogP contribution in [0.3, 0.4) is 0 Å². The largest absolute Gasteiger partial charge is 0.366 e. The molecule has 2 amide bonds. The van der Waals surface area contributed by atoms with Crippen molar-refractivity contribution in [2.45, 2.75) is 19.8 Å². The third-order valence-corrected chi connectivity index (χ3v) is 1.22. The first-order valence-electron chi connectivity index (χ1n) is 4.40. The third-order valence-electron chi connectivity index (χ3n) is 1.22. The minimum atomic E-state index is -0.481. The van der Waals surface area contributed by atoms with Gasteiger partial charge in [-0.3, -0.25) is 9.59 Å².